The van der Waals surface area contributed by atoms with Gasteiger partial charge in [-0.2, -0.15) is 0 Å². The number of carbonyl (C=O) groups is 1. The lowest BCUT2D eigenvalue weighted by molar-refractivity contribution is -0.117. The molecular weight excluding hydrogens is 300 g/mol. The fourth-order valence-electron chi connectivity index (χ4n) is 3.71. The molecule has 1 aromatic rings. The highest BCUT2D eigenvalue weighted by Gasteiger charge is 2.38. The summed E-state index contributed by atoms with van der Waals surface area (Å²) in [5.41, 5.74) is 2.27. The van der Waals surface area contributed by atoms with E-state index in [1.165, 1.54) is 25.7 Å². The van der Waals surface area contributed by atoms with Gasteiger partial charge in [0.1, 0.15) is 5.75 Å². The summed E-state index contributed by atoms with van der Waals surface area (Å²) >= 11 is 0. The molecule has 1 saturated carbocycles. The molecule has 1 amide bonds. The second-order valence-electron chi connectivity index (χ2n) is 6.50. The Kier molecular flexibility index (Phi) is 5.35. The van der Waals surface area contributed by atoms with Gasteiger partial charge in [-0.3, -0.25) is 4.79 Å². The quantitative estimate of drug-likeness (QED) is 0.782. The van der Waals surface area contributed by atoms with Crippen LogP contribution in [-0.2, 0) is 4.79 Å². The van der Waals surface area contributed by atoms with E-state index in [1.807, 2.05) is 26.0 Å². The SMILES string of the molecule is Cc1ccc(NC(=O)C2CC3CCCCC3N2)c(C)c1O.Cl. The van der Waals surface area contributed by atoms with Crippen molar-refractivity contribution in [2.45, 2.75) is 58.0 Å². The highest BCUT2D eigenvalue weighted by Crippen LogP contribution is 2.34. The van der Waals surface area contributed by atoms with Crippen molar-refractivity contribution >= 4 is 24.0 Å². The molecule has 1 saturated heterocycles. The number of hydrogen-bond acceptors (Lipinski definition) is 3. The van der Waals surface area contributed by atoms with Crippen LogP contribution in [0.1, 0.15) is 43.2 Å². The number of phenols is 1. The Morgan fingerprint density at radius 3 is 2.73 bits per heavy atom. The van der Waals surface area contributed by atoms with Gasteiger partial charge in [0.25, 0.3) is 0 Å². The molecule has 1 aliphatic heterocycles. The molecule has 2 aliphatic rings. The molecule has 1 aliphatic carbocycles. The van der Waals surface area contributed by atoms with Crippen molar-refractivity contribution in [2.75, 3.05) is 5.32 Å². The number of anilines is 1. The van der Waals surface area contributed by atoms with Crippen LogP contribution in [0.25, 0.3) is 0 Å². The number of carbonyl (C=O) groups excluding carboxylic acids is 1. The van der Waals surface area contributed by atoms with Crippen molar-refractivity contribution in [3.63, 3.8) is 0 Å². The number of nitrogens with one attached hydrogen (secondary N) is 2. The molecule has 2 fully saturated rings. The van der Waals surface area contributed by atoms with E-state index < -0.39 is 0 Å². The minimum absolute atomic E-state index is 0. The second-order valence-corrected chi connectivity index (χ2v) is 6.50. The van der Waals surface area contributed by atoms with Crippen LogP contribution in [0, 0.1) is 19.8 Å². The minimum atomic E-state index is -0.0963. The maximum Gasteiger partial charge on any atom is 0.241 e. The maximum absolute atomic E-state index is 12.5. The van der Waals surface area contributed by atoms with Crippen LogP contribution in [0.15, 0.2) is 12.1 Å². The molecule has 4 nitrogen and oxygen atoms in total. The first-order valence-electron chi connectivity index (χ1n) is 7.92. The molecule has 1 heterocycles. The van der Waals surface area contributed by atoms with Crippen LogP contribution in [0.3, 0.4) is 0 Å². The van der Waals surface area contributed by atoms with E-state index in [-0.39, 0.29) is 30.1 Å². The lowest BCUT2D eigenvalue weighted by atomic mass is 9.85. The lowest BCUT2D eigenvalue weighted by Crippen LogP contribution is -2.40. The van der Waals surface area contributed by atoms with Gasteiger partial charge in [-0.25, -0.2) is 0 Å². The van der Waals surface area contributed by atoms with Crippen molar-refractivity contribution in [2.24, 2.45) is 5.92 Å². The number of hydrogen-bond donors (Lipinski definition) is 3. The number of aryl methyl sites for hydroxylation is 1. The fourth-order valence-corrected chi connectivity index (χ4v) is 3.71. The zero-order valence-corrected chi connectivity index (χ0v) is 14.0. The molecule has 22 heavy (non-hydrogen) atoms. The third-order valence-corrected chi connectivity index (χ3v) is 5.07. The average molecular weight is 325 g/mol. The van der Waals surface area contributed by atoms with Crippen molar-refractivity contribution in [3.8, 4) is 5.75 Å². The van der Waals surface area contributed by atoms with Gasteiger partial charge in [-0.05, 0) is 50.7 Å². The van der Waals surface area contributed by atoms with E-state index >= 15 is 0 Å². The molecule has 3 N–H and O–H groups in total. The Labute approximate surface area is 138 Å². The van der Waals surface area contributed by atoms with Crippen molar-refractivity contribution in [3.05, 3.63) is 23.3 Å². The van der Waals surface area contributed by atoms with Crippen molar-refractivity contribution < 1.29 is 9.90 Å². The first kappa shape index (κ1) is 17.1. The van der Waals surface area contributed by atoms with Crippen molar-refractivity contribution in [1.82, 2.24) is 5.32 Å². The van der Waals surface area contributed by atoms with E-state index in [0.717, 1.165) is 17.5 Å². The van der Waals surface area contributed by atoms with E-state index in [9.17, 15) is 9.90 Å². The molecule has 3 unspecified atom stereocenters. The van der Waals surface area contributed by atoms with Gasteiger partial charge in [0, 0.05) is 17.3 Å². The molecule has 3 atom stereocenters. The summed E-state index contributed by atoms with van der Waals surface area (Å²) in [5, 5.41) is 16.4. The zero-order valence-electron chi connectivity index (χ0n) is 13.2. The third-order valence-electron chi connectivity index (χ3n) is 5.07. The Hall–Kier alpha value is -1.26. The van der Waals surface area contributed by atoms with Crippen LogP contribution < -0.4 is 10.6 Å². The third kappa shape index (κ3) is 3.23. The summed E-state index contributed by atoms with van der Waals surface area (Å²) in [4.78, 5) is 12.5. The zero-order chi connectivity index (χ0) is 15.0. The summed E-state index contributed by atoms with van der Waals surface area (Å²) in [6, 6.07) is 4.12. The second kappa shape index (κ2) is 6.88. The number of fused-ring (bicyclic) bond motifs is 1. The van der Waals surface area contributed by atoms with E-state index in [0.29, 0.717) is 17.6 Å². The normalized spacial score (nSPS) is 26.9. The Morgan fingerprint density at radius 1 is 1.27 bits per heavy atom. The summed E-state index contributed by atoms with van der Waals surface area (Å²) in [6.07, 6.45) is 5.94. The van der Waals surface area contributed by atoms with E-state index in [2.05, 4.69) is 10.6 Å². The highest BCUT2D eigenvalue weighted by molar-refractivity contribution is 5.96. The van der Waals surface area contributed by atoms with Gasteiger partial charge in [-0.15, -0.1) is 12.4 Å². The van der Waals surface area contributed by atoms with Crippen LogP contribution in [0.2, 0.25) is 0 Å². The maximum atomic E-state index is 12.5. The molecule has 122 valence electrons. The summed E-state index contributed by atoms with van der Waals surface area (Å²) in [5.74, 6) is 0.943. The van der Waals surface area contributed by atoms with Crippen LogP contribution in [0.5, 0.6) is 5.75 Å². The number of benzene rings is 1. The number of amides is 1. The van der Waals surface area contributed by atoms with Gasteiger partial charge in [0.2, 0.25) is 5.91 Å². The summed E-state index contributed by atoms with van der Waals surface area (Å²) < 4.78 is 0. The fraction of sp³-hybridized carbons (Fsp3) is 0.588. The van der Waals surface area contributed by atoms with Gasteiger partial charge in [0.05, 0.1) is 6.04 Å². The number of rotatable bonds is 2. The van der Waals surface area contributed by atoms with E-state index in [4.69, 9.17) is 0 Å². The van der Waals surface area contributed by atoms with Gasteiger partial charge in [-0.1, -0.05) is 18.9 Å². The molecule has 0 aromatic heterocycles. The van der Waals surface area contributed by atoms with Crippen LogP contribution >= 0.6 is 12.4 Å². The van der Waals surface area contributed by atoms with Gasteiger partial charge >= 0.3 is 0 Å². The van der Waals surface area contributed by atoms with Crippen molar-refractivity contribution in [1.29, 1.82) is 0 Å². The molecule has 0 spiro atoms. The van der Waals surface area contributed by atoms with Crippen LogP contribution in [0.4, 0.5) is 5.69 Å². The Bertz CT molecular complexity index is 548. The first-order chi connectivity index (χ1) is 10.1. The number of phenolic OH excluding ortho intramolecular Hbond substituents is 1. The van der Waals surface area contributed by atoms with Crippen LogP contribution in [-0.4, -0.2) is 23.1 Å². The molecule has 5 heteroatoms. The number of halogens is 1. The molecule has 3 rings (SSSR count). The number of aromatic hydroxyl groups is 1. The van der Waals surface area contributed by atoms with Gasteiger partial charge in [0.15, 0.2) is 0 Å². The highest BCUT2D eigenvalue weighted by atomic mass is 35.5. The average Bonchev–Trinajstić information content (AvgIpc) is 2.92. The Morgan fingerprint density at radius 2 is 2.00 bits per heavy atom. The molecule has 0 radical (unpaired) electrons. The molecule has 1 aromatic carbocycles. The smallest absolute Gasteiger partial charge is 0.241 e. The topological polar surface area (TPSA) is 61.4 Å². The standard InChI is InChI=1S/C17H24N2O2.ClH/c1-10-7-8-13(11(2)16(10)20)19-17(21)15-9-12-5-3-4-6-14(12)18-15;/h7-8,12,14-15,18,20H,3-6,9H2,1-2H3,(H,19,21);1H. The van der Waals surface area contributed by atoms with E-state index in [1.54, 1.807) is 0 Å². The predicted octanol–water partition coefficient (Wildman–Crippen LogP) is 3.29. The monoisotopic (exact) mass is 324 g/mol. The lowest BCUT2D eigenvalue weighted by Gasteiger charge is -2.24. The Balaban J connectivity index is 0.00000176. The minimum Gasteiger partial charge on any atom is -0.507 e. The predicted molar refractivity (Wildman–Crippen MR) is 90.7 cm³/mol. The largest absolute Gasteiger partial charge is 0.507 e. The summed E-state index contributed by atoms with van der Waals surface area (Å²) in [6.45, 7) is 3.69. The molecular formula is C17H25ClN2O2. The molecule has 0 bridgehead atoms. The first-order valence-corrected chi connectivity index (χ1v) is 7.92. The summed E-state index contributed by atoms with van der Waals surface area (Å²) in [7, 11) is 0. The van der Waals surface area contributed by atoms with Gasteiger partial charge < -0.3 is 15.7 Å².